The van der Waals surface area contributed by atoms with E-state index in [0.29, 0.717) is 23.8 Å². The molecule has 5 nitrogen and oxygen atoms in total. The van der Waals surface area contributed by atoms with Gasteiger partial charge in [0.1, 0.15) is 11.4 Å². The first-order valence-electron chi connectivity index (χ1n) is 7.85. The largest absolute Gasteiger partial charge is 0.380 e. The van der Waals surface area contributed by atoms with Gasteiger partial charge in [-0.3, -0.25) is 10.1 Å². The third kappa shape index (κ3) is 4.34. The molecule has 21 heavy (non-hydrogen) atoms. The van der Waals surface area contributed by atoms with Gasteiger partial charge in [-0.2, -0.15) is 0 Å². The minimum atomic E-state index is -0.275. The van der Waals surface area contributed by atoms with Crippen molar-refractivity contribution < 1.29 is 4.92 Å². The van der Waals surface area contributed by atoms with E-state index in [1.165, 1.54) is 0 Å². The molecule has 0 saturated heterocycles. The van der Waals surface area contributed by atoms with Crippen LogP contribution >= 0.6 is 0 Å². The fraction of sp³-hybridized carbons (Fsp3) is 0.625. The van der Waals surface area contributed by atoms with Crippen molar-refractivity contribution >= 4 is 17.1 Å². The number of rotatable bonds is 9. The highest BCUT2D eigenvalue weighted by Gasteiger charge is 2.24. The van der Waals surface area contributed by atoms with E-state index in [1.807, 2.05) is 26.0 Å². The highest BCUT2D eigenvalue weighted by molar-refractivity contribution is 5.77. The summed E-state index contributed by atoms with van der Waals surface area (Å²) in [5.41, 5.74) is 1.50. The van der Waals surface area contributed by atoms with Crippen molar-refractivity contribution in [3.63, 3.8) is 0 Å². The zero-order valence-electron chi connectivity index (χ0n) is 13.6. The van der Waals surface area contributed by atoms with Crippen LogP contribution < -0.4 is 10.2 Å². The fourth-order valence-electron chi connectivity index (χ4n) is 2.57. The summed E-state index contributed by atoms with van der Waals surface area (Å²) in [4.78, 5) is 13.3. The SMILES string of the molecule is CCNc1cccc(N(CC)CC(CC)CC)c1[N+](=O)[O-]. The van der Waals surface area contributed by atoms with Gasteiger partial charge in [0.15, 0.2) is 0 Å². The quantitative estimate of drug-likeness (QED) is 0.545. The normalized spacial score (nSPS) is 10.7. The number of hydrogen-bond acceptors (Lipinski definition) is 4. The van der Waals surface area contributed by atoms with Gasteiger partial charge in [-0.15, -0.1) is 0 Å². The van der Waals surface area contributed by atoms with Crippen molar-refractivity contribution in [3.8, 4) is 0 Å². The highest BCUT2D eigenvalue weighted by atomic mass is 16.6. The van der Waals surface area contributed by atoms with Crippen LogP contribution in [-0.4, -0.2) is 24.6 Å². The Bertz CT molecular complexity index is 459. The van der Waals surface area contributed by atoms with Gasteiger partial charge in [-0.05, 0) is 31.9 Å². The highest BCUT2D eigenvalue weighted by Crippen LogP contribution is 2.36. The minimum Gasteiger partial charge on any atom is -0.380 e. The molecule has 0 unspecified atom stereocenters. The predicted octanol–water partition coefficient (Wildman–Crippen LogP) is 4.29. The van der Waals surface area contributed by atoms with E-state index in [-0.39, 0.29) is 10.6 Å². The number of nitrogens with zero attached hydrogens (tertiary/aromatic N) is 2. The number of hydrogen-bond donors (Lipinski definition) is 1. The van der Waals surface area contributed by atoms with Crippen LogP contribution in [0.15, 0.2) is 18.2 Å². The maximum absolute atomic E-state index is 11.5. The molecule has 1 N–H and O–H groups in total. The summed E-state index contributed by atoms with van der Waals surface area (Å²) in [5.74, 6) is 0.562. The van der Waals surface area contributed by atoms with Crippen molar-refractivity contribution in [3.05, 3.63) is 28.3 Å². The first kappa shape index (κ1) is 17.3. The summed E-state index contributed by atoms with van der Waals surface area (Å²) in [6, 6.07) is 5.51. The molecule has 0 aromatic heterocycles. The average molecular weight is 293 g/mol. The molecule has 0 saturated carbocycles. The molecular weight excluding hydrogens is 266 g/mol. The maximum atomic E-state index is 11.5. The topological polar surface area (TPSA) is 58.4 Å². The van der Waals surface area contributed by atoms with E-state index in [4.69, 9.17) is 0 Å². The van der Waals surface area contributed by atoms with E-state index in [0.717, 1.165) is 25.9 Å². The molecule has 118 valence electrons. The average Bonchev–Trinajstić information content (AvgIpc) is 2.48. The zero-order valence-corrected chi connectivity index (χ0v) is 13.6. The Balaban J connectivity index is 3.19. The second-order valence-electron chi connectivity index (χ2n) is 5.18. The second-order valence-corrected chi connectivity index (χ2v) is 5.18. The van der Waals surface area contributed by atoms with Gasteiger partial charge in [-0.25, -0.2) is 0 Å². The standard InChI is InChI=1S/C16H27N3O2/c1-5-13(6-2)12-18(8-4)15-11-9-10-14(17-7-3)16(15)19(20)21/h9-11,13,17H,5-8,12H2,1-4H3. The Morgan fingerprint density at radius 2 is 1.90 bits per heavy atom. The smallest absolute Gasteiger partial charge is 0.315 e. The van der Waals surface area contributed by atoms with Crippen LogP contribution in [0.1, 0.15) is 40.5 Å². The van der Waals surface area contributed by atoms with E-state index in [2.05, 4.69) is 24.1 Å². The number of anilines is 2. The summed E-state index contributed by atoms with van der Waals surface area (Å²) in [7, 11) is 0. The van der Waals surface area contributed by atoms with Crippen molar-refractivity contribution in [1.82, 2.24) is 0 Å². The fourth-order valence-corrected chi connectivity index (χ4v) is 2.57. The predicted molar refractivity (Wildman–Crippen MR) is 89.2 cm³/mol. The first-order valence-corrected chi connectivity index (χ1v) is 7.85. The van der Waals surface area contributed by atoms with Crippen LogP contribution in [0.5, 0.6) is 0 Å². The molecule has 1 aromatic rings. The third-order valence-corrected chi connectivity index (χ3v) is 3.92. The van der Waals surface area contributed by atoms with Gasteiger partial charge in [0, 0.05) is 19.6 Å². The number of nitro benzene ring substituents is 1. The Morgan fingerprint density at radius 3 is 2.38 bits per heavy atom. The molecule has 0 aliphatic carbocycles. The van der Waals surface area contributed by atoms with Crippen LogP contribution in [0.4, 0.5) is 17.1 Å². The van der Waals surface area contributed by atoms with Crippen molar-refractivity contribution in [1.29, 1.82) is 0 Å². The zero-order chi connectivity index (χ0) is 15.8. The van der Waals surface area contributed by atoms with Crippen LogP contribution in [-0.2, 0) is 0 Å². The molecule has 0 fully saturated rings. The van der Waals surface area contributed by atoms with Gasteiger partial charge in [-0.1, -0.05) is 32.8 Å². The summed E-state index contributed by atoms with van der Waals surface area (Å²) in [6.45, 7) is 10.6. The van der Waals surface area contributed by atoms with Gasteiger partial charge in [0.2, 0.25) is 0 Å². The Hall–Kier alpha value is -1.78. The molecule has 0 bridgehead atoms. The Labute approximate surface area is 127 Å². The molecule has 0 radical (unpaired) electrons. The monoisotopic (exact) mass is 293 g/mol. The summed E-state index contributed by atoms with van der Waals surface area (Å²) in [5, 5.41) is 14.6. The number of nitro groups is 1. The number of para-hydroxylation sites is 1. The minimum absolute atomic E-state index is 0.187. The Kier molecular flexibility index (Phi) is 6.99. The first-order chi connectivity index (χ1) is 10.1. The molecule has 0 atom stereocenters. The van der Waals surface area contributed by atoms with Crippen LogP contribution in [0, 0.1) is 16.0 Å². The number of benzene rings is 1. The van der Waals surface area contributed by atoms with Crippen molar-refractivity contribution in [2.24, 2.45) is 5.92 Å². The lowest BCUT2D eigenvalue weighted by molar-refractivity contribution is -0.383. The lowest BCUT2D eigenvalue weighted by Gasteiger charge is -2.27. The molecule has 0 spiro atoms. The lowest BCUT2D eigenvalue weighted by Crippen LogP contribution is -2.29. The van der Waals surface area contributed by atoms with E-state index >= 15 is 0 Å². The van der Waals surface area contributed by atoms with Crippen LogP contribution in [0.25, 0.3) is 0 Å². The maximum Gasteiger partial charge on any atom is 0.315 e. The van der Waals surface area contributed by atoms with Crippen LogP contribution in [0.2, 0.25) is 0 Å². The molecule has 0 amide bonds. The third-order valence-electron chi connectivity index (χ3n) is 3.92. The Morgan fingerprint density at radius 1 is 1.24 bits per heavy atom. The van der Waals surface area contributed by atoms with Gasteiger partial charge in [0.25, 0.3) is 0 Å². The molecule has 0 aliphatic heterocycles. The van der Waals surface area contributed by atoms with E-state index in [9.17, 15) is 10.1 Å². The molecule has 0 heterocycles. The molecule has 0 aliphatic rings. The summed E-state index contributed by atoms with van der Waals surface area (Å²) >= 11 is 0. The van der Waals surface area contributed by atoms with Crippen molar-refractivity contribution in [2.75, 3.05) is 29.9 Å². The molecule has 1 rings (SSSR count). The van der Waals surface area contributed by atoms with Gasteiger partial charge < -0.3 is 10.2 Å². The molecule has 5 heteroatoms. The lowest BCUT2D eigenvalue weighted by atomic mass is 10.0. The molecular formula is C16H27N3O2. The van der Waals surface area contributed by atoms with E-state index < -0.39 is 0 Å². The molecule has 1 aromatic carbocycles. The summed E-state index contributed by atoms with van der Waals surface area (Å²) in [6.07, 6.45) is 2.18. The number of nitrogens with one attached hydrogen (secondary N) is 1. The van der Waals surface area contributed by atoms with E-state index in [1.54, 1.807) is 6.07 Å². The van der Waals surface area contributed by atoms with Crippen molar-refractivity contribution in [2.45, 2.75) is 40.5 Å². The summed E-state index contributed by atoms with van der Waals surface area (Å²) < 4.78 is 0. The van der Waals surface area contributed by atoms with Crippen LogP contribution in [0.3, 0.4) is 0 Å². The second kappa shape index (κ2) is 8.49. The van der Waals surface area contributed by atoms with Gasteiger partial charge in [0.05, 0.1) is 4.92 Å². The van der Waals surface area contributed by atoms with Gasteiger partial charge >= 0.3 is 5.69 Å².